The van der Waals surface area contributed by atoms with Crippen molar-refractivity contribution in [2.75, 3.05) is 23.9 Å². The molecule has 6 rings (SSSR count). The summed E-state index contributed by atoms with van der Waals surface area (Å²) in [6.07, 6.45) is 3.72. The molecule has 37 heavy (non-hydrogen) atoms. The number of fused-ring (bicyclic) bond motifs is 4. The maximum absolute atomic E-state index is 11.3. The Morgan fingerprint density at radius 2 is 0.919 bits per heavy atom. The van der Waals surface area contributed by atoms with Crippen LogP contribution in [0.15, 0.2) is 97.1 Å². The molecule has 2 heterocycles. The summed E-state index contributed by atoms with van der Waals surface area (Å²) >= 11 is 0. The quantitative estimate of drug-likeness (QED) is 0.273. The van der Waals surface area contributed by atoms with Crippen LogP contribution in [0.2, 0.25) is 0 Å². The maximum Gasteiger partial charge on any atom is 0.460 e. The minimum Gasteiger partial charge on any atom is -0.409 e. The van der Waals surface area contributed by atoms with Crippen LogP contribution in [0.25, 0.3) is 23.7 Å². The van der Waals surface area contributed by atoms with Gasteiger partial charge in [-0.2, -0.15) is 0 Å². The molecule has 0 saturated carbocycles. The Morgan fingerprint density at radius 1 is 0.568 bits per heavy atom. The van der Waals surface area contributed by atoms with Crippen LogP contribution in [0.1, 0.15) is 22.3 Å². The van der Waals surface area contributed by atoms with Crippen molar-refractivity contribution in [1.29, 1.82) is 5.16 Å². The second-order valence-corrected chi connectivity index (χ2v) is 10.4. The third-order valence-electron chi connectivity index (χ3n) is 6.68. The number of hydrogen-bond acceptors (Lipinski definition) is 5. The van der Waals surface area contributed by atoms with Crippen molar-refractivity contribution in [3.8, 4) is 0 Å². The Balaban J connectivity index is 1.42. The molecule has 6 nitrogen and oxygen atoms in total. The van der Waals surface area contributed by atoms with Gasteiger partial charge < -0.3 is 18.8 Å². The van der Waals surface area contributed by atoms with Crippen LogP contribution in [-0.2, 0) is 9.05 Å². The van der Waals surface area contributed by atoms with Crippen LogP contribution in [0.5, 0.6) is 0 Å². The zero-order chi connectivity index (χ0) is 25.6. The van der Waals surface area contributed by atoms with Crippen molar-refractivity contribution in [2.45, 2.75) is 0 Å². The molecule has 0 spiro atoms. The lowest BCUT2D eigenvalue weighted by molar-refractivity contribution is 0.327. The molecule has 7 heteroatoms. The van der Waals surface area contributed by atoms with Gasteiger partial charge in [-0.1, -0.05) is 60.7 Å². The molecule has 2 N–H and O–H groups in total. The van der Waals surface area contributed by atoms with E-state index >= 15 is 0 Å². The topological polar surface area (TPSA) is 69.0 Å². The largest absolute Gasteiger partial charge is 0.460 e. The first-order chi connectivity index (χ1) is 17.9. The summed E-state index contributed by atoms with van der Waals surface area (Å²) in [7, 11) is -0.128. The fourth-order valence-corrected chi connectivity index (χ4v) is 5.79. The van der Waals surface area contributed by atoms with Gasteiger partial charge in [-0.05, 0) is 48.6 Å². The first kappa shape index (κ1) is 23.2. The summed E-state index contributed by atoms with van der Waals surface area (Å²) < 4.78 is 12.1. The van der Waals surface area contributed by atoms with Gasteiger partial charge in [-0.3, -0.25) is 4.89 Å². The third kappa shape index (κ3) is 4.20. The van der Waals surface area contributed by atoms with E-state index in [9.17, 15) is 4.89 Å². The number of nitrogens with zero attached hydrogens (tertiary/aromatic N) is 2. The van der Waals surface area contributed by atoms with Crippen molar-refractivity contribution in [1.82, 2.24) is 0 Å². The molecular formula is C30H26N3O3P. The van der Waals surface area contributed by atoms with E-state index in [0.29, 0.717) is 11.5 Å². The predicted octanol–water partition coefficient (Wildman–Crippen LogP) is 8.10. The Hall–Kier alpha value is -4.25. The van der Waals surface area contributed by atoms with Crippen LogP contribution in [-0.4, -0.2) is 19.0 Å². The number of benzene rings is 4. The molecular weight excluding hydrogens is 481 g/mol. The molecule has 0 fully saturated rings. The van der Waals surface area contributed by atoms with E-state index in [1.807, 2.05) is 123 Å². The highest BCUT2D eigenvalue weighted by Gasteiger charge is 2.29. The summed E-state index contributed by atoms with van der Waals surface area (Å²) in [5, 5.41) is 8.81. The zero-order valence-corrected chi connectivity index (χ0v) is 21.4. The van der Waals surface area contributed by atoms with E-state index in [-0.39, 0.29) is 0 Å². The molecule has 0 aliphatic carbocycles. The molecule has 0 aromatic heterocycles. The summed E-state index contributed by atoms with van der Waals surface area (Å²) in [5.41, 5.74) is 7.22. The fraction of sp³-hybridized carbons (Fsp3) is 0.0667. The van der Waals surface area contributed by atoms with Crippen LogP contribution in [0.3, 0.4) is 0 Å². The number of nitrogens with one attached hydrogen (secondary N) is 1. The Kier molecular flexibility index (Phi) is 5.64. The number of para-hydroxylation sites is 4. The smallest absolute Gasteiger partial charge is 0.409 e. The Bertz CT molecular complexity index is 1510. The van der Waals surface area contributed by atoms with Gasteiger partial charge in [0.1, 0.15) is 11.5 Å². The van der Waals surface area contributed by atoms with Gasteiger partial charge in [0, 0.05) is 47.7 Å². The minimum absolute atomic E-state index is 0.387. The molecule has 0 atom stereocenters. The molecule has 184 valence electrons. The predicted molar refractivity (Wildman–Crippen MR) is 152 cm³/mol. The average Bonchev–Trinajstić information content (AvgIpc) is 3.10. The van der Waals surface area contributed by atoms with Crippen LogP contribution < -0.4 is 9.80 Å². The lowest BCUT2D eigenvalue weighted by Crippen LogP contribution is -2.11. The Labute approximate surface area is 216 Å². The van der Waals surface area contributed by atoms with Crippen LogP contribution in [0.4, 0.5) is 22.7 Å². The van der Waals surface area contributed by atoms with Crippen LogP contribution in [0, 0.1) is 5.16 Å². The van der Waals surface area contributed by atoms with Crippen molar-refractivity contribution in [2.24, 2.45) is 0 Å². The first-order valence-corrected chi connectivity index (χ1v) is 13.5. The normalized spacial score (nSPS) is 14.1. The van der Waals surface area contributed by atoms with Crippen molar-refractivity contribution in [3.63, 3.8) is 0 Å². The molecule has 0 saturated heterocycles. The molecule has 0 unspecified atom stereocenters. The highest BCUT2D eigenvalue weighted by Crippen LogP contribution is 2.55. The molecule has 0 radical (unpaired) electrons. The third-order valence-corrected chi connectivity index (χ3v) is 7.56. The SMILES string of the molecule is CN1c2ccccc2C=C(OP(=N)(O)OC2=Cc3ccccc3N(C)c3ccccc32)c2ccccc21. The van der Waals surface area contributed by atoms with Crippen molar-refractivity contribution < 1.29 is 13.9 Å². The van der Waals surface area contributed by atoms with E-state index in [0.717, 1.165) is 45.0 Å². The summed E-state index contributed by atoms with van der Waals surface area (Å²) in [6.45, 7) is 0. The van der Waals surface area contributed by atoms with E-state index in [1.54, 1.807) is 0 Å². The molecule has 4 aromatic rings. The number of hydrogen-bond donors (Lipinski definition) is 2. The maximum atomic E-state index is 11.3. The van der Waals surface area contributed by atoms with Gasteiger partial charge in [0.25, 0.3) is 0 Å². The van der Waals surface area contributed by atoms with Gasteiger partial charge in [0.2, 0.25) is 0 Å². The van der Waals surface area contributed by atoms with Crippen molar-refractivity contribution >= 4 is 54.2 Å². The number of anilines is 4. The van der Waals surface area contributed by atoms with Gasteiger partial charge >= 0.3 is 7.74 Å². The van der Waals surface area contributed by atoms with Gasteiger partial charge in [0.05, 0.1) is 11.4 Å². The molecule has 0 bridgehead atoms. The summed E-state index contributed by atoms with van der Waals surface area (Å²) in [6, 6.07) is 31.5. The zero-order valence-electron chi connectivity index (χ0n) is 20.5. The van der Waals surface area contributed by atoms with Gasteiger partial charge in [-0.15, -0.1) is 0 Å². The monoisotopic (exact) mass is 507 g/mol. The van der Waals surface area contributed by atoms with Gasteiger partial charge in [0.15, 0.2) is 0 Å². The van der Waals surface area contributed by atoms with E-state index in [2.05, 4.69) is 9.80 Å². The first-order valence-electron chi connectivity index (χ1n) is 11.9. The number of rotatable bonds is 4. The lowest BCUT2D eigenvalue weighted by atomic mass is 10.1. The second kappa shape index (κ2) is 9.00. The standard InChI is InChI=1S/C30H26N3O3P/c1-32-25-15-7-3-11-21(25)19-29(23-13-5-9-17-27(23)32)35-37(31,34)36-30-20-22-12-4-8-16-26(22)33(2)28-18-10-6-14-24(28)30/h3-20H,1-2H3,(H2,31,34). The van der Waals surface area contributed by atoms with E-state index in [1.165, 1.54) is 0 Å². The van der Waals surface area contributed by atoms with E-state index < -0.39 is 7.74 Å². The minimum atomic E-state index is -4.12. The van der Waals surface area contributed by atoms with Crippen LogP contribution >= 0.6 is 7.74 Å². The Morgan fingerprint density at radius 3 is 1.35 bits per heavy atom. The average molecular weight is 508 g/mol. The highest BCUT2D eigenvalue weighted by molar-refractivity contribution is 7.49. The molecule has 2 aliphatic rings. The van der Waals surface area contributed by atoms with E-state index in [4.69, 9.17) is 14.2 Å². The summed E-state index contributed by atoms with van der Waals surface area (Å²) in [5.74, 6) is 0.775. The lowest BCUT2D eigenvalue weighted by Gasteiger charge is -2.24. The summed E-state index contributed by atoms with van der Waals surface area (Å²) in [4.78, 5) is 15.5. The van der Waals surface area contributed by atoms with Crippen molar-refractivity contribution in [3.05, 3.63) is 119 Å². The highest BCUT2D eigenvalue weighted by atomic mass is 31.2. The molecule has 2 aliphatic heterocycles. The molecule has 0 amide bonds. The van der Waals surface area contributed by atoms with Gasteiger partial charge in [-0.25, -0.2) is 5.16 Å². The second-order valence-electron chi connectivity index (χ2n) is 8.99. The molecule has 4 aromatic carbocycles. The fourth-order valence-electron chi connectivity index (χ4n) is 4.91.